The zero-order chi connectivity index (χ0) is 22.1. The van der Waals surface area contributed by atoms with Gasteiger partial charge in [-0.05, 0) is 64.0 Å². The lowest BCUT2D eigenvalue weighted by Crippen LogP contribution is -2.17. The Hall–Kier alpha value is -1.96. The number of hydrogen-bond donors (Lipinski definition) is 2. The van der Waals surface area contributed by atoms with Crippen molar-refractivity contribution in [3.8, 4) is 11.5 Å². The molecule has 0 heterocycles. The second-order valence-electron chi connectivity index (χ2n) is 10.9. The van der Waals surface area contributed by atoms with Gasteiger partial charge in [0.15, 0.2) is 0 Å². The normalized spacial score (nSPS) is 12.4. The standard InChI is InChI=1S/C15H24O.C11H16O/c1-10-8-11(14(2,3)4)9-12(13(10)16)15(5,6)7;1-8-7-9(11(2,3)4)5-6-10(8)12/h8-9,16H,1-7H3;5-7,12H,1-4H3. The minimum Gasteiger partial charge on any atom is -0.508 e. The van der Waals surface area contributed by atoms with Gasteiger partial charge in [0, 0.05) is 0 Å². The van der Waals surface area contributed by atoms with Crippen LogP contribution in [0.4, 0.5) is 0 Å². The average Bonchev–Trinajstić information content (AvgIpc) is 2.50. The maximum absolute atomic E-state index is 10.1. The molecular weight excluding hydrogens is 344 g/mol. The van der Waals surface area contributed by atoms with Crippen molar-refractivity contribution in [2.75, 3.05) is 0 Å². The summed E-state index contributed by atoms with van der Waals surface area (Å²) in [7, 11) is 0. The molecule has 0 saturated carbocycles. The van der Waals surface area contributed by atoms with E-state index < -0.39 is 0 Å². The van der Waals surface area contributed by atoms with Crippen LogP contribution in [0.25, 0.3) is 0 Å². The van der Waals surface area contributed by atoms with Gasteiger partial charge in [-0.2, -0.15) is 0 Å². The summed E-state index contributed by atoms with van der Waals surface area (Å²) in [4.78, 5) is 0. The van der Waals surface area contributed by atoms with Gasteiger partial charge in [-0.1, -0.05) is 86.6 Å². The zero-order valence-corrected chi connectivity index (χ0v) is 19.8. The van der Waals surface area contributed by atoms with E-state index in [0.29, 0.717) is 11.5 Å². The molecule has 0 fully saturated rings. The van der Waals surface area contributed by atoms with E-state index in [0.717, 1.165) is 16.7 Å². The first-order valence-electron chi connectivity index (χ1n) is 10.1. The molecule has 0 aliphatic heterocycles. The first-order valence-corrected chi connectivity index (χ1v) is 10.1. The summed E-state index contributed by atoms with van der Waals surface area (Å²) < 4.78 is 0. The first kappa shape index (κ1) is 24.1. The Morgan fingerprint density at radius 3 is 1.43 bits per heavy atom. The third kappa shape index (κ3) is 6.29. The minimum absolute atomic E-state index is 0.0178. The van der Waals surface area contributed by atoms with Crippen molar-refractivity contribution in [1.29, 1.82) is 0 Å². The minimum atomic E-state index is -0.0178. The number of phenolic OH excluding ortho intramolecular Hbond substituents is 2. The van der Waals surface area contributed by atoms with Gasteiger partial charge in [-0.15, -0.1) is 0 Å². The highest BCUT2D eigenvalue weighted by atomic mass is 16.3. The van der Waals surface area contributed by atoms with Crippen LogP contribution in [0.5, 0.6) is 11.5 Å². The molecule has 0 saturated heterocycles. The van der Waals surface area contributed by atoms with Gasteiger partial charge in [0.05, 0.1) is 0 Å². The molecule has 2 nitrogen and oxygen atoms in total. The van der Waals surface area contributed by atoms with Gasteiger partial charge in [0.1, 0.15) is 11.5 Å². The predicted molar refractivity (Wildman–Crippen MR) is 122 cm³/mol. The van der Waals surface area contributed by atoms with Crippen molar-refractivity contribution in [2.24, 2.45) is 0 Å². The second kappa shape index (κ2) is 8.19. The van der Waals surface area contributed by atoms with Crippen molar-refractivity contribution in [2.45, 2.75) is 92.4 Å². The highest BCUT2D eigenvalue weighted by Gasteiger charge is 2.23. The summed E-state index contributed by atoms with van der Waals surface area (Å²) in [5.74, 6) is 0.823. The van der Waals surface area contributed by atoms with E-state index in [2.05, 4.69) is 74.4 Å². The molecule has 0 aliphatic rings. The summed E-state index contributed by atoms with van der Waals surface area (Å²) in [6.45, 7) is 23.4. The van der Waals surface area contributed by atoms with E-state index in [4.69, 9.17) is 0 Å². The van der Waals surface area contributed by atoms with E-state index in [1.807, 2.05) is 26.0 Å². The third-order valence-electron chi connectivity index (χ3n) is 5.04. The van der Waals surface area contributed by atoms with Crippen molar-refractivity contribution in [1.82, 2.24) is 0 Å². The third-order valence-corrected chi connectivity index (χ3v) is 5.04. The zero-order valence-electron chi connectivity index (χ0n) is 19.8. The molecule has 2 rings (SSSR count). The van der Waals surface area contributed by atoms with Gasteiger partial charge in [-0.3, -0.25) is 0 Å². The fourth-order valence-electron chi connectivity index (χ4n) is 2.91. The highest BCUT2D eigenvalue weighted by molar-refractivity contribution is 5.48. The van der Waals surface area contributed by atoms with Gasteiger partial charge in [0.25, 0.3) is 0 Å². The molecule has 28 heavy (non-hydrogen) atoms. The number of hydrogen-bond acceptors (Lipinski definition) is 2. The van der Waals surface area contributed by atoms with E-state index >= 15 is 0 Å². The lowest BCUT2D eigenvalue weighted by molar-refractivity contribution is 0.440. The molecule has 0 amide bonds. The molecule has 0 aromatic heterocycles. The van der Waals surface area contributed by atoms with Crippen molar-refractivity contribution < 1.29 is 10.2 Å². The summed E-state index contributed by atoms with van der Waals surface area (Å²) in [5, 5.41) is 19.4. The molecule has 0 aliphatic carbocycles. The quantitative estimate of drug-likeness (QED) is 0.500. The van der Waals surface area contributed by atoms with Crippen LogP contribution in [0.2, 0.25) is 0 Å². The Morgan fingerprint density at radius 2 is 1.04 bits per heavy atom. The van der Waals surface area contributed by atoms with Crippen LogP contribution in [0, 0.1) is 13.8 Å². The molecule has 0 spiro atoms. The Labute approximate surface area is 172 Å². The van der Waals surface area contributed by atoms with Crippen LogP contribution in [0.3, 0.4) is 0 Å². The van der Waals surface area contributed by atoms with Crippen LogP contribution < -0.4 is 0 Å². The monoisotopic (exact) mass is 384 g/mol. The fourth-order valence-corrected chi connectivity index (χ4v) is 2.91. The fraction of sp³-hybridized carbons (Fsp3) is 0.538. The number of rotatable bonds is 0. The summed E-state index contributed by atoms with van der Waals surface area (Å²) in [6.07, 6.45) is 0. The second-order valence-corrected chi connectivity index (χ2v) is 10.9. The average molecular weight is 385 g/mol. The molecule has 0 atom stereocenters. The summed E-state index contributed by atoms with van der Waals surface area (Å²) >= 11 is 0. The van der Waals surface area contributed by atoms with Gasteiger partial charge >= 0.3 is 0 Å². The Balaban J connectivity index is 0.000000292. The molecule has 156 valence electrons. The van der Waals surface area contributed by atoms with Crippen LogP contribution in [0.15, 0.2) is 30.3 Å². The smallest absolute Gasteiger partial charge is 0.122 e. The molecule has 0 bridgehead atoms. The SMILES string of the molecule is Cc1cc(C(C)(C)C)cc(C(C)(C)C)c1O.Cc1cc(C(C)(C)C)ccc1O. The van der Waals surface area contributed by atoms with E-state index in [1.54, 1.807) is 6.07 Å². The number of benzene rings is 2. The first-order chi connectivity index (χ1) is 12.4. The predicted octanol–water partition coefficient (Wildman–Crippen LogP) is 7.29. The van der Waals surface area contributed by atoms with Gasteiger partial charge < -0.3 is 10.2 Å². The molecule has 2 heteroatoms. The molecule has 2 aromatic carbocycles. The summed E-state index contributed by atoms with van der Waals surface area (Å²) in [5.41, 5.74) is 5.77. The molecule has 2 N–H and O–H groups in total. The van der Waals surface area contributed by atoms with Crippen LogP contribution in [-0.2, 0) is 16.2 Å². The summed E-state index contributed by atoms with van der Waals surface area (Å²) in [6, 6.07) is 10.0. The maximum atomic E-state index is 10.1. The van der Waals surface area contributed by atoms with Gasteiger partial charge in [0.2, 0.25) is 0 Å². The van der Waals surface area contributed by atoms with Crippen LogP contribution in [0.1, 0.15) is 90.1 Å². The number of aromatic hydroxyl groups is 2. The Kier molecular flexibility index (Phi) is 7.04. The molecular formula is C26H40O2. The molecule has 0 radical (unpaired) electrons. The number of aryl methyl sites for hydroxylation is 2. The lowest BCUT2D eigenvalue weighted by atomic mass is 9.79. The Morgan fingerprint density at radius 1 is 0.571 bits per heavy atom. The van der Waals surface area contributed by atoms with E-state index in [-0.39, 0.29) is 16.2 Å². The van der Waals surface area contributed by atoms with Gasteiger partial charge in [-0.25, -0.2) is 0 Å². The lowest BCUT2D eigenvalue weighted by Gasteiger charge is -2.26. The largest absolute Gasteiger partial charge is 0.508 e. The molecule has 0 unspecified atom stereocenters. The van der Waals surface area contributed by atoms with Crippen molar-refractivity contribution in [3.05, 3.63) is 58.1 Å². The van der Waals surface area contributed by atoms with E-state index in [9.17, 15) is 10.2 Å². The molecule has 2 aromatic rings. The van der Waals surface area contributed by atoms with Crippen LogP contribution in [-0.4, -0.2) is 10.2 Å². The van der Waals surface area contributed by atoms with Crippen LogP contribution >= 0.6 is 0 Å². The van der Waals surface area contributed by atoms with Crippen molar-refractivity contribution >= 4 is 0 Å². The topological polar surface area (TPSA) is 40.5 Å². The maximum Gasteiger partial charge on any atom is 0.122 e. The van der Waals surface area contributed by atoms with Crippen molar-refractivity contribution in [3.63, 3.8) is 0 Å². The van der Waals surface area contributed by atoms with E-state index in [1.165, 1.54) is 11.1 Å². The number of phenols is 2. The Bertz CT molecular complexity index is 810. The highest BCUT2D eigenvalue weighted by Crippen LogP contribution is 2.37.